The van der Waals surface area contributed by atoms with Crippen LogP contribution in [-0.4, -0.2) is 9.97 Å². The first-order valence-corrected chi connectivity index (χ1v) is 6.16. The van der Waals surface area contributed by atoms with Crippen LogP contribution in [-0.2, 0) is 0 Å². The third-order valence-corrected chi connectivity index (χ3v) is 2.96. The van der Waals surface area contributed by atoms with Gasteiger partial charge in [0.1, 0.15) is 11.6 Å². The number of aromatic nitrogens is 2. The highest BCUT2D eigenvalue weighted by atomic mass is 35.5. The number of hydrogen-bond acceptors (Lipinski definition) is 4. The van der Waals surface area contributed by atoms with Crippen LogP contribution >= 0.6 is 11.6 Å². The quantitative estimate of drug-likeness (QED) is 0.779. The van der Waals surface area contributed by atoms with Crippen molar-refractivity contribution in [3.8, 4) is 11.6 Å². The molecule has 0 fully saturated rings. The summed E-state index contributed by atoms with van der Waals surface area (Å²) in [7, 11) is 0. The lowest BCUT2D eigenvalue weighted by atomic mass is 10.3. The summed E-state index contributed by atoms with van der Waals surface area (Å²) in [5.41, 5.74) is 7.12. The molecule has 0 bridgehead atoms. The Balaban J connectivity index is 2.03. The maximum Gasteiger partial charge on any atom is 0.263 e. The van der Waals surface area contributed by atoms with Gasteiger partial charge < -0.3 is 10.5 Å². The largest absolute Gasteiger partial charge is 0.434 e. The van der Waals surface area contributed by atoms with Gasteiger partial charge in [0.05, 0.1) is 16.1 Å². The van der Waals surface area contributed by atoms with Crippen molar-refractivity contribution in [1.82, 2.24) is 9.97 Å². The Labute approximate surface area is 119 Å². The number of fused-ring (bicyclic) bond motifs is 1. The molecule has 0 aliphatic rings. The molecule has 0 spiro atoms. The number of ether oxygens (including phenoxy) is 1. The van der Waals surface area contributed by atoms with Crippen molar-refractivity contribution in [3.05, 3.63) is 53.3 Å². The van der Waals surface area contributed by atoms with Crippen LogP contribution in [0.2, 0.25) is 5.02 Å². The predicted octanol–water partition coefficient (Wildman–Crippen LogP) is 3.80. The highest BCUT2D eigenvalue weighted by Crippen LogP contribution is 2.31. The van der Waals surface area contributed by atoms with Crippen LogP contribution in [0.4, 0.5) is 10.2 Å². The van der Waals surface area contributed by atoms with Crippen LogP contribution in [0.1, 0.15) is 0 Å². The minimum absolute atomic E-state index is 0.136. The molecular formula is C14H9ClFN3O. The Hall–Kier alpha value is -2.40. The average molecular weight is 290 g/mol. The Morgan fingerprint density at radius 2 is 1.75 bits per heavy atom. The summed E-state index contributed by atoms with van der Waals surface area (Å²) in [6, 6.07) is 11.1. The van der Waals surface area contributed by atoms with Crippen molar-refractivity contribution in [2.75, 3.05) is 5.73 Å². The van der Waals surface area contributed by atoms with E-state index in [2.05, 4.69) is 9.97 Å². The number of nitrogens with zero attached hydrogens (tertiary/aromatic N) is 2. The lowest BCUT2D eigenvalue weighted by Gasteiger charge is -2.09. The second kappa shape index (κ2) is 4.94. The van der Waals surface area contributed by atoms with Gasteiger partial charge in [0.15, 0.2) is 5.82 Å². The number of nitrogens with two attached hydrogens (primary N) is 1. The predicted molar refractivity (Wildman–Crippen MR) is 75.4 cm³/mol. The van der Waals surface area contributed by atoms with E-state index < -0.39 is 5.82 Å². The van der Waals surface area contributed by atoms with E-state index in [4.69, 9.17) is 22.1 Å². The Bertz CT molecular complexity index is 794. The monoisotopic (exact) mass is 289 g/mol. The third kappa shape index (κ3) is 2.35. The fourth-order valence-corrected chi connectivity index (χ4v) is 1.94. The van der Waals surface area contributed by atoms with Crippen molar-refractivity contribution in [2.45, 2.75) is 0 Å². The minimum Gasteiger partial charge on any atom is -0.434 e. The molecule has 0 amide bonds. The lowest BCUT2D eigenvalue weighted by Crippen LogP contribution is -1.99. The molecule has 1 heterocycles. The normalized spacial score (nSPS) is 10.7. The summed E-state index contributed by atoms with van der Waals surface area (Å²) >= 11 is 5.90. The van der Waals surface area contributed by atoms with Gasteiger partial charge in [0.2, 0.25) is 0 Å². The van der Waals surface area contributed by atoms with Gasteiger partial charge >= 0.3 is 0 Å². The zero-order valence-electron chi connectivity index (χ0n) is 10.2. The van der Waals surface area contributed by atoms with E-state index in [1.807, 2.05) is 12.1 Å². The van der Waals surface area contributed by atoms with Crippen molar-refractivity contribution in [2.24, 2.45) is 0 Å². The number of anilines is 1. The first-order valence-electron chi connectivity index (χ1n) is 5.78. The van der Waals surface area contributed by atoms with E-state index in [-0.39, 0.29) is 22.5 Å². The summed E-state index contributed by atoms with van der Waals surface area (Å²) in [5.74, 6) is 0.102. The second-order valence-electron chi connectivity index (χ2n) is 4.08. The van der Waals surface area contributed by atoms with Gasteiger partial charge in [0.25, 0.3) is 5.88 Å². The van der Waals surface area contributed by atoms with Crippen LogP contribution in [0.15, 0.2) is 42.5 Å². The lowest BCUT2D eigenvalue weighted by molar-refractivity contribution is 0.464. The number of para-hydroxylation sites is 2. The molecule has 2 aromatic carbocycles. The summed E-state index contributed by atoms with van der Waals surface area (Å²) in [6.45, 7) is 0. The van der Waals surface area contributed by atoms with Crippen LogP contribution in [0.5, 0.6) is 11.6 Å². The third-order valence-electron chi connectivity index (χ3n) is 2.66. The van der Waals surface area contributed by atoms with Gasteiger partial charge in [0, 0.05) is 0 Å². The van der Waals surface area contributed by atoms with Crippen LogP contribution < -0.4 is 10.5 Å². The van der Waals surface area contributed by atoms with Gasteiger partial charge in [-0.15, -0.1) is 0 Å². The van der Waals surface area contributed by atoms with E-state index >= 15 is 0 Å². The first-order chi connectivity index (χ1) is 9.63. The molecule has 0 radical (unpaired) electrons. The number of rotatable bonds is 2. The fraction of sp³-hybridized carbons (Fsp3) is 0. The van der Waals surface area contributed by atoms with Crippen molar-refractivity contribution in [3.63, 3.8) is 0 Å². The van der Waals surface area contributed by atoms with E-state index in [0.29, 0.717) is 11.0 Å². The molecule has 0 saturated carbocycles. The molecule has 4 nitrogen and oxygen atoms in total. The standard InChI is InChI=1S/C14H9ClFN3O/c15-9-7-8(16)5-6-12(9)20-14-13(17)18-10-3-1-2-4-11(10)19-14/h1-7H,(H2,17,18). The minimum atomic E-state index is -0.445. The van der Waals surface area contributed by atoms with E-state index in [1.165, 1.54) is 12.1 Å². The van der Waals surface area contributed by atoms with Crippen molar-refractivity contribution in [1.29, 1.82) is 0 Å². The second-order valence-corrected chi connectivity index (χ2v) is 4.49. The molecule has 1 aromatic heterocycles. The van der Waals surface area contributed by atoms with Gasteiger partial charge in [-0.25, -0.2) is 14.4 Å². The molecule has 0 unspecified atom stereocenters. The summed E-state index contributed by atoms with van der Waals surface area (Å²) < 4.78 is 18.5. The molecule has 0 aliphatic carbocycles. The average Bonchev–Trinajstić information content (AvgIpc) is 2.42. The van der Waals surface area contributed by atoms with Crippen LogP contribution in [0, 0.1) is 5.82 Å². The van der Waals surface area contributed by atoms with Gasteiger partial charge in [-0.3, -0.25) is 0 Å². The zero-order chi connectivity index (χ0) is 14.1. The Morgan fingerprint density at radius 3 is 2.45 bits per heavy atom. The molecule has 0 aliphatic heterocycles. The van der Waals surface area contributed by atoms with Crippen LogP contribution in [0.25, 0.3) is 11.0 Å². The summed E-state index contributed by atoms with van der Waals surface area (Å²) in [4.78, 5) is 8.46. The smallest absolute Gasteiger partial charge is 0.263 e. The SMILES string of the molecule is Nc1nc2ccccc2nc1Oc1ccc(F)cc1Cl. The summed E-state index contributed by atoms with van der Waals surface area (Å²) in [6.07, 6.45) is 0. The fourth-order valence-electron chi connectivity index (χ4n) is 1.73. The van der Waals surface area contributed by atoms with E-state index in [0.717, 1.165) is 6.07 Å². The Kier molecular flexibility index (Phi) is 3.12. The molecule has 0 atom stereocenters. The van der Waals surface area contributed by atoms with Gasteiger partial charge in [-0.2, -0.15) is 0 Å². The number of benzene rings is 2. The van der Waals surface area contributed by atoms with Crippen LogP contribution in [0.3, 0.4) is 0 Å². The van der Waals surface area contributed by atoms with Gasteiger partial charge in [-0.05, 0) is 30.3 Å². The number of halogens is 2. The molecule has 3 aromatic rings. The van der Waals surface area contributed by atoms with E-state index in [1.54, 1.807) is 12.1 Å². The highest BCUT2D eigenvalue weighted by Gasteiger charge is 2.11. The Morgan fingerprint density at radius 1 is 1.05 bits per heavy atom. The molecular weight excluding hydrogens is 281 g/mol. The highest BCUT2D eigenvalue weighted by molar-refractivity contribution is 6.32. The number of hydrogen-bond donors (Lipinski definition) is 1. The van der Waals surface area contributed by atoms with E-state index in [9.17, 15) is 4.39 Å². The summed E-state index contributed by atoms with van der Waals surface area (Å²) in [5, 5.41) is 0.138. The zero-order valence-corrected chi connectivity index (χ0v) is 10.9. The topological polar surface area (TPSA) is 61.0 Å². The molecule has 100 valence electrons. The molecule has 2 N–H and O–H groups in total. The molecule has 6 heteroatoms. The van der Waals surface area contributed by atoms with Crippen molar-refractivity contribution < 1.29 is 9.13 Å². The molecule has 3 rings (SSSR count). The number of nitrogen functional groups attached to an aromatic ring is 1. The molecule has 20 heavy (non-hydrogen) atoms. The molecule has 0 saturated heterocycles. The maximum atomic E-state index is 13.0. The maximum absolute atomic E-state index is 13.0. The first kappa shape index (κ1) is 12.6. The van der Waals surface area contributed by atoms with Gasteiger partial charge in [-0.1, -0.05) is 23.7 Å². The van der Waals surface area contributed by atoms with Crippen molar-refractivity contribution >= 4 is 28.5 Å².